The van der Waals surface area contributed by atoms with Gasteiger partial charge in [0.05, 0.1) is 36.2 Å². The highest BCUT2D eigenvalue weighted by molar-refractivity contribution is 5.97. The molecule has 0 spiro atoms. The first-order chi connectivity index (χ1) is 16.7. The van der Waals surface area contributed by atoms with Gasteiger partial charge in [-0.2, -0.15) is 0 Å². The molecule has 0 aliphatic carbocycles. The average Bonchev–Trinajstić information content (AvgIpc) is 3.52. The van der Waals surface area contributed by atoms with Crippen LogP contribution in [0.15, 0.2) is 54.9 Å². The van der Waals surface area contributed by atoms with Crippen molar-refractivity contribution in [2.45, 2.75) is 44.7 Å². The molecule has 0 radical (unpaired) electrons. The molecule has 0 saturated carbocycles. The number of nitrogens with one attached hydrogen (secondary N) is 2. The molecule has 1 atom stereocenters. The van der Waals surface area contributed by atoms with Crippen molar-refractivity contribution in [3.63, 3.8) is 0 Å². The van der Waals surface area contributed by atoms with Crippen molar-refractivity contribution >= 4 is 16.9 Å². The molecule has 2 N–H and O–H groups in total. The second-order valence-electron chi connectivity index (χ2n) is 9.03. The maximum atomic E-state index is 12.7. The molecule has 9 heteroatoms. The topological polar surface area (TPSA) is 101 Å². The maximum Gasteiger partial charge on any atom is 0.251 e. The molecule has 1 unspecified atom stereocenters. The van der Waals surface area contributed by atoms with Crippen LogP contribution in [0.1, 0.15) is 46.3 Å². The highest BCUT2D eigenvalue weighted by atomic mass is 16.5. The van der Waals surface area contributed by atoms with Crippen molar-refractivity contribution in [2.24, 2.45) is 0 Å². The van der Waals surface area contributed by atoms with Crippen LogP contribution in [0.4, 0.5) is 0 Å². The largest absolute Gasteiger partial charge is 0.365 e. The van der Waals surface area contributed by atoms with E-state index in [0.717, 1.165) is 54.9 Å². The Morgan fingerprint density at radius 1 is 1.15 bits per heavy atom. The first-order valence-corrected chi connectivity index (χ1v) is 11.8. The standard InChI is InChI=1S/C25H27N7O2/c33-25(18-6-7-20-21(12-18)27-16-26-20)28-19-8-10-31(11-9-19)13-22-23-15-34-24(14-32(23)30-29-22)17-4-2-1-3-5-17/h1-7,12,16,19,24H,8-11,13-15H2,(H,26,27)(H,28,33). The number of carbonyl (C=O) groups is 1. The van der Waals surface area contributed by atoms with E-state index in [4.69, 9.17) is 4.74 Å². The molecule has 4 aromatic rings. The summed E-state index contributed by atoms with van der Waals surface area (Å²) in [6.07, 6.45) is 3.47. The van der Waals surface area contributed by atoms with Crippen molar-refractivity contribution in [3.8, 4) is 0 Å². The summed E-state index contributed by atoms with van der Waals surface area (Å²) in [5.74, 6) is -0.0348. The minimum atomic E-state index is -0.0348. The van der Waals surface area contributed by atoms with Crippen LogP contribution < -0.4 is 5.32 Å². The van der Waals surface area contributed by atoms with Crippen molar-refractivity contribution in [1.82, 2.24) is 35.2 Å². The molecule has 1 saturated heterocycles. The third-order valence-corrected chi connectivity index (χ3v) is 6.83. The molecular formula is C25H27N7O2. The van der Waals surface area contributed by atoms with Crippen LogP contribution in [0.25, 0.3) is 11.0 Å². The summed E-state index contributed by atoms with van der Waals surface area (Å²) in [5, 5.41) is 12.1. The third-order valence-electron chi connectivity index (χ3n) is 6.83. The van der Waals surface area contributed by atoms with Gasteiger partial charge in [0.2, 0.25) is 0 Å². The van der Waals surface area contributed by atoms with E-state index < -0.39 is 0 Å². The molecule has 1 amide bonds. The van der Waals surface area contributed by atoms with E-state index in [0.29, 0.717) is 18.7 Å². The number of aromatic amines is 1. The van der Waals surface area contributed by atoms with Gasteiger partial charge in [-0.1, -0.05) is 35.5 Å². The average molecular weight is 458 g/mol. The number of hydrogen-bond donors (Lipinski definition) is 2. The van der Waals surface area contributed by atoms with E-state index >= 15 is 0 Å². The van der Waals surface area contributed by atoms with Gasteiger partial charge in [-0.3, -0.25) is 9.69 Å². The highest BCUT2D eigenvalue weighted by Gasteiger charge is 2.27. The zero-order valence-electron chi connectivity index (χ0n) is 18.9. The molecule has 2 aromatic carbocycles. The van der Waals surface area contributed by atoms with Crippen molar-refractivity contribution < 1.29 is 9.53 Å². The minimum Gasteiger partial charge on any atom is -0.365 e. The molecule has 0 bridgehead atoms. The number of imidazole rings is 1. The zero-order chi connectivity index (χ0) is 22.9. The number of H-pyrrole nitrogens is 1. The van der Waals surface area contributed by atoms with Gasteiger partial charge < -0.3 is 15.0 Å². The number of carbonyl (C=O) groups excluding carboxylic acids is 1. The van der Waals surface area contributed by atoms with Crippen LogP contribution in [0.2, 0.25) is 0 Å². The number of fused-ring (bicyclic) bond motifs is 2. The van der Waals surface area contributed by atoms with Gasteiger partial charge in [-0.05, 0) is 36.6 Å². The van der Waals surface area contributed by atoms with E-state index in [1.54, 1.807) is 6.33 Å². The Balaban J connectivity index is 1.03. The van der Waals surface area contributed by atoms with Crippen LogP contribution in [0.5, 0.6) is 0 Å². The molecule has 2 aliphatic heterocycles. The van der Waals surface area contributed by atoms with Gasteiger partial charge in [-0.15, -0.1) is 5.10 Å². The molecule has 2 aromatic heterocycles. The Hall–Kier alpha value is -3.56. The first-order valence-electron chi connectivity index (χ1n) is 11.8. The molecular weight excluding hydrogens is 430 g/mol. The second-order valence-corrected chi connectivity index (χ2v) is 9.03. The quantitative estimate of drug-likeness (QED) is 0.478. The highest BCUT2D eigenvalue weighted by Crippen LogP contribution is 2.27. The van der Waals surface area contributed by atoms with Gasteiger partial charge in [-0.25, -0.2) is 9.67 Å². The van der Waals surface area contributed by atoms with Gasteiger partial charge in [0.1, 0.15) is 11.8 Å². The third kappa shape index (κ3) is 4.20. The molecule has 6 rings (SSSR count). The van der Waals surface area contributed by atoms with Gasteiger partial charge in [0.25, 0.3) is 5.91 Å². The Morgan fingerprint density at radius 3 is 2.85 bits per heavy atom. The van der Waals surface area contributed by atoms with Crippen molar-refractivity contribution in [3.05, 3.63) is 77.4 Å². The fraction of sp³-hybridized carbons (Fsp3) is 0.360. The second kappa shape index (κ2) is 9.00. The summed E-state index contributed by atoms with van der Waals surface area (Å²) >= 11 is 0. The van der Waals surface area contributed by atoms with E-state index in [2.05, 4.69) is 42.6 Å². The SMILES string of the molecule is O=C(NC1CCN(Cc2nnn3c2COC(c2ccccc2)C3)CC1)c1ccc2nc[nH]c2c1. The van der Waals surface area contributed by atoms with Crippen LogP contribution in [0.3, 0.4) is 0 Å². The van der Waals surface area contributed by atoms with Crippen LogP contribution >= 0.6 is 0 Å². The lowest BCUT2D eigenvalue weighted by atomic mass is 10.0. The number of rotatable bonds is 5. The number of aromatic nitrogens is 5. The van der Waals surface area contributed by atoms with E-state index in [1.165, 1.54) is 5.56 Å². The number of piperidine rings is 1. The summed E-state index contributed by atoms with van der Waals surface area (Å²) in [4.78, 5) is 22.4. The monoisotopic (exact) mass is 457 g/mol. The van der Waals surface area contributed by atoms with Crippen molar-refractivity contribution in [2.75, 3.05) is 13.1 Å². The zero-order valence-corrected chi connectivity index (χ0v) is 18.9. The number of likely N-dealkylation sites (tertiary alicyclic amines) is 1. The fourth-order valence-electron chi connectivity index (χ4n) is 4.85. The summed E-state index contributed by atoms with van der Waals surface area (Å²) in [6.45, 7) is 3.78. The predicted molar refractivity (Wildman–Crippen MR) is 126 cm³/mol. The van der Waals surface area contributed by atoms with Crippen molar-refractivity contribution in [1.29, 1.82) is 0 Å². The summed E-state index contributed by atoms with van der Waals surface area (Å²) < 4.78 is 8.12. The Morgan fingerprint density at radius 2 is 2.00 bits per heavy atom. The Labute approximate surface area is 197 Å². The number of hydrogen-bond acceptors (Lipinski definition) is 6. The lowest BCUT2D eigenvalue weighted by molar-refractivity contribution is -0.00216. The van der Waals surface area contributed by atoms with Gasteiger partial charge >= 0.3 is 0 Å². The van der Waals surface area contributed by atoms with E-state index in [1.807, 2.05) is 41.1 Å². The predicted octanol–water partition coefficient (Wildman–Crippen LogP) is 2.82. The Kier molecular flexibility index (Phi) is 5.56. The lowest BCUT2D eigenvalue weighted by Crippen LogP contribution is -2.44. The fourth-order valence-corrected chi connectivity index (χ4v) is 4.85. The smallest absolute Gasteiger partial charge is 0.251 e. The number of amides is 1. The number of benzene rings is 2. The summed E-state index contributed by atoms with van der Waals surface area (Å²) in [5.41, 5.74) is 5.61. The maximum absolute atomic E-state index is 12.7. The van der Waals surface area contributed by atoms with E-state index in [-0.39, 0.29) is 18.1 Å². The number of nitrogens with zero attached hydrogens (tertiary/aromatic N) is 5. The summed E-state index contributed by atoms with van der Waals surface area (Å²) in [6, 6.07) is 16.0. The molecule has 2 aliphatic rings. The summed E-state index contributed by atoms with van der Waals surface area (Å²) in [7, 11) is 0. The molecule has 174 valence electrons. The van der Waals surface area contributed by atoms with Crippen LogP contribution in [0, 0.1) is 0 Å². The van der Waals surface area contributed by atoms with Gasteiger partial charge in [0.15, 0.2) is 0 Å². The molecule has 34 heavy (non-hydrogen) atoms. The van der Waals surface area contributed by atoms with E-state index in [9.17, 15) is 4.79 Å². The van der Waals surface area contributed by atoms with Gasteiger partial charge in [0, 0.05) is 31.2 Å². The molecule has 4 heterocycles. The molecule has 1 fully saturated rings. The normalized spacial score (nSPS) is 19.2. The first kappa shape index (κ1) is 21.0. The Bertz CT molecular complexity index is 1290. The molecule has 9 nitrogen and oxygen atoms in total. The minimum absolute atomic E-state index is 0.0107. The lowest BCUT2D eigenvalue weighted by Gasteiger charge is -2.32. The van der Waals surface area contributed by atoms with Crippen LogP contribution in [-0.2, 0) is 24.4 Å². The van der Waals surface area contributed by atoms with Crippen LogP contribution in [-0.4, -0.2) is 54.9 Å². The number of ether oxygens (including phenoxy) is 1.